The summed E-state index contributed by atoms with van der Waals surface area (Å²) in [5.74, 6) is -2.16. The highest BCUT2D eigenvalue weighted by atomic mass is 19.1. The fourth-order valence-electron chi connectivity index (χ4n) is 3.59. The van der Waals surface area contributed by atoms with Crippen molar-refractivity contribution in [3.05, 3.63) is 107 Å². The minimum atomic E-state index is -0.833. The third-order valence-corrected chi connectivity index (χ3v) is 5.15. The second-order valence-electron chi connectivity index (χ2n) is 7.20. The topological polar surface area (TPSA) is 70.5 Å². The minimum Gasteiger partial charge on any atom is -0.507 e. The summed E-state index contributed by atoms with van der Waals surface area (Å²) >= 11 is 0. The van der Waals surface area contributed by atoms with E-state index in [1.807, 2.05) is 19.1 Å². The number of aryl methyl sites for hydroxylation is 1. The molecule has 0 bridgehead atoms. The molecule has 1 aliphatic heterocycles. The van der Waals surface area contributed by atoms with Gasteiger partial charge in [-0.2, -0.15) is 0 Å². The van der Waals surface area contributed by atoms with Crippen LogP contribution in [0.4, 0.5) is 4.39 Å². The van der Waals surface area contributed by atoms with Crippen LogP contribution in [0.3, 0.4) is 0 Å². The second-order valence-corrected chi connectivity index (χ2v) is 7.20. The number of hydrogen-bond donors (Lipinski definition) is 1. The molecule has 1 fully saturated rings. The number of Topliss-reactive ketones (excluding diaryl/α,β-unsaturated/α-hetero) is 1. The molecule has 5 nitrogen and oxygen atoms in total. The van der Waals surface area contributed by atoms with Crippen LogP contribution in [0.2, 0.25) is 0 Å². The first-order valence-electron chi connectivity index (χ1n) is 9.45. The van der Waals surface area contributed by atoms with E-state index in [0.29, 0.717) is 11.1 Å². The van der Waals surface area contributed by atoms with Gasteiger partial charge in [-0.1, -0.05) is 42.0 Å². The number of rotatable bonds is 4. The van der Waals surface area contributed by atoms with Crippen molar-refractivity contribution in [2.75, 3.05) is 0 Å². The van der Waals surface area contributed by atoms with E-state index < -0.39 is 23.5 Å². The Bertz CT molecular complexity index is 1120. The lowest BCUT2D eigenvalue weighted by Crippen LogP contribution is -2.29. The minimum absolute atomic E-state index is 0.00971. The maximum Gasteiger partial charge on any atom is 0.295 e. The van der Waals surface area contributed by atoms with E-state index in [4.69, 9.17) is 0 Å². The van der Waals surface area contributed by atoms with Crippen LogP contribution in [0.1, 0.15) is 28.3 Å². The van der Waals surface area contributed by atoms with E-state index in [1.165, 1.54) is 29.2 Å². The number of aliphatic hydroxyl groups is 1. The number of amides is 1. The molecule has 4 rings (SSSR count). The number of aromatic nitrogens is 1. The zero-order chi connectivity index (χ0) is 21.3. The molecule has 1 aliphatic rings. The van der Waals surface area contributed by atoms with Gasteiger partial charge < -0.3 is 10.0 Å². The van der Waals surface area contributed by atoms with Crippen molar-refractivity contribution in [3.8, 4) is 0 Å². The van der Waals surface area contributed by atoms with Gasteiger partial charge >= 0.3 is 0 Å². The van der Waals surface area contributed by atoms with Crippen molar-refractivity contribution in [1.29, 1.82) is 0 Å². The van der Waals surface area contributed by atoms with E-state index in [1.54, 1.807) is 36.7 Å². The number of pyridine rings is 1. The number of halogens is 1. The molecule has 30 heavy (non-hydrogen) atoms. The Morgan fingerprint density at radius 3 is 2.27 bits per heavy atom. The maximum absolute atomic E-state index is 13.5. The van der Waals surface area contributed by atoms with Crippen molar-refractivity contribution in [2.45, 2.75) is 19.5 Å². The molecule has 6 heteroatoms. The molecule has 2 aromatic carbocycles. The van der Waals surface area contributed by atoms with Crippen molar-refractivity contribution in [3.63, 3.8) is 0 Å². The number of hydrogen-bond acceptors (Lipinski definition) is 4. The average Bonchev–Trinajstić information content (AvgIpc) is 3.00. The van der Waals surface area contributed by atoms with Gasteiger partial charge in [0.15, 0.2) is 0 Å². The standard InChI is InChI=1S/C24H19FN2O3/c1-15-2-4-18(5-3-15)22(28)20-21(17-6-8-19(25)9-7-17)27(24(30)23(20)29)14-16-10-12-26-13-11-16/h2-13,21,28H,14H2,1H3/b22-20+. The first-order valence-corrected chi connectivity index (χ1v) is 9.45. The Morgan fingerprint density at radius 1 is 1.00 bits per heavy atom. The fourth-order valence-corrected chi connectivity index (χ4v) is 3.59. The summed E-state index contributed by atoms with van der Waals surface area (Å²) < 4.78 is 13.5. The van der Waals surface area contributed by atoms with Crippen LogP contribution in [-0.4, -0.2) is 26.7 Å². The van der Waals surface area contributed by atoms with Crippen LogP contribution in [0.15, 0.2) is 78.6 Å². The summed E-state index contributed by atoms with van der Waals surface area (Å²) in [7, 11) is 0. The van der Waals surface area contributed by atoms with Gasteiger partial charge in [0.25, 0.3) is 11.7 Å². The molecule has 1 saturated heterocycles. The molecule has 0 aliphatic carbocycles. The SMILES string of the molecule is Cc1ccc(/C(O)=C2\C(=O)C(=O)N(Cc3ccncc3)C2c2ccc(F)cc2)cc1. The molecule has 0 saturated carbocycles. The van der Waals surface area contributed by atoms with Crippen LogP contribution in [-0.2, 0) is 16.1 Å². The van der Waals surface area contributed by atoms with Crippen molar-refractivity contribution < 1.29 is 19.1 Å². The monoisotopic (exact) mass is 402 g/mol. The predicted octanol–water partition coefficient (Wildman–Crippen LogP) is 4.15. The van der Waals surface area contributed by atoms with Gasteiger partial charge in [-0.15, -0.1) is 0 Å². The first-order chi connectivity index (χ1) is 14.5. The molecule has 1 unspecified atom stereocenters. The quantitative estimate of drug-likeness (QED) is 0.404. The summed E-state index contributed by atoms with van der Waals surface area (Å²) in [5, 5.41) is 11.0. The molecule has 1 N–H and O–H groups in total. The Kier molecular flexibility index (Phi) is 5.14. The first kappa shape index (κ1) is 19.5. The smallest absolute Gasteiger partial charge is 0.295 e. The summed E-state index contributed by atoms with van der Waals surface area (Å²) in [5.41, 5.74) is 2.76. The van der Waals surface area contributed by atoms with Gasteiger partial charge in [0.05, 0.1) is 11.6 Å². The van der Waals surface area contributed by atoms with Crippen LogP contribution in [0, 0.1) is 12.7 Å². The van der Waals surface area contributed by atoms with Crippen molar-refractivity contribution in [2.24, 2.45) is 0 Å². The largest absolute Gasteiger partial charge is 0.507 e. The summed E-state index contributed by atoms with van der Waals surface area (Å²) in [6, 6.07) is 15.3. The Hall–Kier alpha value is -3.80. The number of aliphatic hydroxyl groups excluding tert-OH is 1. The summed E-state index contributed by atoms with van der Waals surface area (Å²) in [6.45, 7) is 2.07. The lowest BCUT2D eigenvalue weighted by Gasteiger charge is -2.25. The Labute approximate surface area is 173 Å². The lowest BCUT2D eigenvalue weighted by molar-refractivity contribution is -0.140. The molecular weight excluding hydrogens is 383 g/mol. The van der Waals surface area contributed by atoms with Gasteiger partial charge in [0.1, 0.15) is 11.6 Å². The zero-order valence-electron chi connectivity index (χ0n) is 16.2. The normalized spacial score (nSPS) is 18.1. The number of likely N-dealkylation sites (tertiary alicyclic amines) is 1. The average molecular weight is 402 g/mol. The van der Waals surface area contributed by atoms with Crippen LogP contribution >= 0.6 is 0 Å². The highest BCUT2D eigenvalue weighted by Gasteiger charge is 2.46. The summed E-state index contributed by atoms with van der Waals surface area (Å²) in [6.07, 6.45) is 3.20. The van der Waals surface area contributed by atoms with Gasteiger partial charge in [-0.25, -0.2) is 4.39 Å². The van der Waals surface area contributed by atoms with Gasteiger partial charge in [-0.05, 0) is 42.3 Å². The van der Waals surface area contributed by atoms with E-state index in [9.17, 15) is 19.1 Å². The third kappa shape index (κ3) is 3.59. The van der Waals surface area contributed by atoms with E-state index >= 15 is 0 Å². The third-order valence-electron chi connectivity index (χ3n) is 5.15. The molecule has 0 radical (unpaired) electrons. The van der Waals surface area contributed by atoms with Crippen molar-refractivity contribution in [1.82, 2.24) is 9.88 Å². The lowest BCUT2D eigenvalue weighted by atomic mass is 9.95. The van der Waals surface area contributed by atoms with Crippen molar-refractivity contribution >= 4 is 17.4 Å². The molecule has 2 heterocycles. The molecule has 3 aromatic rings. The highest BCUT2D eigenvalue weighted by Crippen LogP contribution is 2.40. The molecule has 1 amide bonds. The zero-order valence-corrected chi connectivity index (χ0v) is 16.2. The maximum atomic E-state index is 13.5. The second kappa shape index (κ2) is 7.91. The molecule has 150 valence electrons. The van der Waals surface area contributed by atoms with Crippen LogP contribution in [0.25, 0.3) is 5.76 Å². The van der Waals surface area contributed by atoms with Crippen LogP contribution < -0.4 is 0 Å². The fraction of sp³-hybridized carbons (Fsp3) is 0.125. The molecule has 0 spiro atoms. The Morgan fingerprint density at radius 2 is 1.63 bits per heavy atom. The summed E-state index contributed by atoms with van der Waals surface area (Å²) in [4.78, 5) is 31.2. The predicted molar refractivity (Wildman–Crippen MR) is 110 cm³/mol. The van der Waals surface area contributed by atoms with E-state index in [-0.39, 0.29) is 17.9 Å². The molecule has 1 aromatic heterocycles. The number of carbonyl (C=O) groups excluding carboxylic acids is 2. The van der Waals surface area contributed by atoms with Gasteiger partial charge in [0, 0.05) is 24.5 Å². The van der Waals surface area contributed by atoms with Crippen LogP contribution in [0.5, 0.6) is 0 Å². The van der Waals surface area contributed by atoms with Gasteiger partial charge in [0.2, 0.25) is 0 Å². The van der Waals surface area contributed by atoms with E-state index in [0.717, 1.165) is 11.1 Å². The van der Waals surface area contributed by atoms with Gasteiger partial charge in [-0.3, -0.25) is 14.6 Å². The number of benzene rings is 2. The Balaban J connectivity index is 1.85. The highest BCUT2D eigenvalue weighted by molar-refractivity contribution is 6.46. The number of ketones is 1. The number of nitrogens with zero attached hydrogens (tertiary/aromatic N) is 2. The van der Waals surface area contributed by atoms with E-state index in [2.05, 4.69) is 4.98 Å². The molecule has 1 atom stereocenters. The number of carbonyl (C=O) groups is 2. The molecular formula is C24H19FN2O3.